The van der Waals surface area contributed by atoms with E-state index in [4.69, 9.17) is 4.74 Å². The topological polar surface area (TPSA) is 47.0 Å². The highest BCUT2D eigenvalue weighted by Gasteiger charge is 2.07. The molecule has 21 heavy (non-hydrogen) atoms. The molecule has 1 N–H and O–H groups in total. The van der Waals surface area contributed by atoms with Gasteiger partial charge in [0.05, 0.1) is 12.8 Å². The minimum Gasteiger partial charge on any atom is -0.497 e. The Morgan fingerprint density at radius 1 is 1.24 bits per heavy atom. The molecule has 5 heteroatoms. The summed E-state index contributed by atoms with van der Waals surface area (Å²) in [6, 6.07) is 9.78. The number of nitrogens with one attached hydrogen (secondary N) is 1. The van der Waals surface area contributed by atoms with Crippen molar-refractivity contribution in [1.82, 2.24) is 9.97 Å². The van der Waals surface area contributed by atoms with Gasteiger partial charge in [-0.3, -0.25) is 4.98 Å². The maximum Gasteiger partial charge on any atom is 0.187 e. The summed E-state index contributed by atoms with van der Waals surface area (Å²) in [5.41, 5.74) is 4.13. The summed E-state index contributed by atoms with van der Waals surface area (Å²) in [6.07, 6.45) is 3.64. The van der Waals surface area contributed by atoms with Crippen molar-refractivity contribution >= 4 is 22.2 Å². The van der Waals surface area contributed by atoms with Crippen LogP contribution < -0.4 is 10.1 Å². The van der Waals surface area contributed by atoms with Gasteiger partial charge in [-0.25, -0.2) is 4.98 Å². The lowest BCUT2D eigenvalue weighted by molar-refractivity contribution is 0.415. The van der Waals surface area contributed by atoms with Gasteiger partial charge in [-0.15, -0.1) is 11.3 Å². The van der Waals surface area contributed by atoms with Crippen molar-refractivity contribution in [2.45, 2.75) is 6.92 Å². The van der Waals surface area contributed by atoms with Gasteiger partial charge in [-0.2, -0.15) is 0 Å². The first kappa shape index (κ1) is 13.6. The van der Waals surface area contributed by atoms with E-state index in [0.717, 1.165) is 27.8 Å². The monoisotopic (exact) mass is 297 g/mol. The van der Waals surface area contributed by atoms with E-state index in [0.29, 0.717) is 0 Å². The lowest BCUT2D eigenvalue weighted by Crippen LogP contribution is -1.91. The Kier molecular flexibility index (Phi) is 3.83. The smallest absolute Gasteiger partial charge is 0.187 e. The van der Waals surface area contributed by atoms with Crippen LogP contribution in [0.15, 0.2) is 48.1 Å². The quantitative estimate of drug-likeness (QED) is 0.781. The fourth-order valence-electron chi connectivity index (χ4n) is 2.01. The third-order valence-corrected chi connectivity index (χ3v) is 3.90. The lowest BCUT2D eigenvalue weighted by Gasteiger charge is -2.05. The zero-order valence-electron chi connectivity index (χ0n) is 11.8. The molecule has 0 amide bonds. The van der Waals surface area contributed by atoms with E-state index in [2.05, 4.69) is 22.2 Å². The van der Waals surface area contributed by atoms with Gasteiger partial charge in [0.1, 0.15) is 5.75 Å². The molecule has 0 aliphatic carbocycles. The number of pyridine rings is 1. The number of methoxy groups -OCH3 is 1. The van der Waals surface area contributed by atoms with Crippen LogP contribution in [0.4, 0.5) is 10.8 Å². The van der Waals surface area contributed by atoms with E-state index in [1.54, 1.807) is 24.6 Å². The Labute approximate surface area is 127 Å². The minimum atomic E-state index is 0.819. The predicted molar refractivity (Wildman–Crippen MR) is 86.4 cm³/mol. The van der Waals surface area contributed by atoms with E-state index in [1.807, 2.05) is 41.9 Å². The Balaban J connectivity index is 1.84. The van der Waals surface area contributed by atoms with Crippen LogP contribution in [0.3, 0.4) is 0 Å². The maximum absolute atomic E-state index is 5.22. The molecule has 0 saturated heterocycles. The molecular formula is C16H15N3OS. The highest BCUT2D eigenvalue weighted by atomic mass is 32.1. The number of nitrogens with zero attached hydrogens (tertiary/aromatic N) is 2. The van der Waals surface area contributed by atoms with Crippen LogP contribution >= 0.6 is 11.3 Å². The Hall–Kier alpha value is -2.40. The van der Waals surface area contributed by atoms with Crippen LogP contribution in [0, 0.1) is 6.92 Å². The van der Waals surface area contributed by atoms with Gasteiger partial charge in [-0.05, 0) is 30.7 Å². The van der Waals surface area contributed by atoms with Gasteiger partial charge in [0.15, 0.2) is 5.13 Å². The van der Waals surface area contributed by atoms with Crippen LogP contribution in [0.5, 0.6) is 5.75 Å². The lowest BCUT2D eigenvalue weighted by atomic mass is 10.1. The first-order valence-corrected chi connectivity index (χ1v) is 7.42. The first-order chi connectivity index (χ1) is 10.3. The summed E-state index contributed by atoms with van der Waals surface area (Å²) >= 11 is 1.57. The second-order valence-corrected chi connectivity index (χ2v) is 5.44. The van der Waals surface area contributed by atoms with E-state index in [1.165, 1.54) is 5.56 Å². The molecule has 3 aromatic rings. The molecule has 2 heterocycles. The number of hydrogen-bond acceptors (Lipinski definition) is 5. The molecule has 0 saturated carbocycles. The molecule has 4 nitrogen and oxygen atoms in total. The van der Waals surface area contributed by atoms with Crippen molar-refractivity contribution in [3.63, 3.8) is 0 Å². The molecule has 0 fully saturated rings. The number of thiazole rings is 1. The molecule has 0 spiro atoms. The largest absolute Gasteiger partial charge is 0.497 e. The molecule has 0 aliphatic heterocycles. The third-order valence-electron chi connectivity index (χ3n) is 3.14. The summed E-state index contributed by atoms with van der Waals surface area (Å²) in [7, 11) is 1.66. The summed E-state index contributed by atoms with van der Waals surface area (Å²) < 4.78 is 5.22. The van der Waals surface area contributed by atoms with Crippen molar-refractivity contribution in [3.05, 3.63) is 53.7 Å². The standard InChI is InChI=1S/C16H15N3OS/c1-11-6-7-17-9-14(11)15-10-21-16(19-15)18-12-4-3-5-13(8-12)20-2/h3-10H,1-2H3,(H,18,19). The predicted octanol–water partition coefficient (Wildman–Crippen LogP) is 4.27. The summed E-state index contributed by atoms with van der Waals surface area (Å²) in [5, 5.41) is 6.18. The molecule has 3 rings (SSSR count). The van der Waals surface area contributed by atoms with Gasteiger partial charge in [0.25, 0.3) is 0 Å². The maximum atomic E-state index is 5.22. The van der Waals surface area contributed by atoms with Crippen LogP contribution in [0.2, 0.25) is 0 Å². The zero-order chi connectivity index (χ0) is 14.7. The Morgan fingerprint density at radius 3 is 2.95 bits per heavy atom. The molecule has 0 radical (unpaired) electrons. The van der Waals surface area contributed by atoms with Crippen LogP contribution in [-0.2, 0) is 0 Å². The first-order valence-electron chi connectivity index (χ1n) is 6.54. The highest BCUT2D eigenvalue weighted by Crippen LogP contribution is 2.29. The molecule has 0 aliphatic rings. The van der Waals surface area contributed by atoms with E-state index >= 15 is 0 Å². The molecule has 0 unspecified atom stereocenters. The summed E-state index contributed by atoms with van der Waals surface area (Å²) in [4.78, 5) is 8.78. The van der Waals surface area contributed by atoms with E-state index in [-0.39, 0.29) is 0 Å². The van der Waals surface area contributed by atoms with Crippen LogP contribution in [0.25, 0.3) is 11.3 Å². The molecule has 0 bridgehead atoms. The molecule has 2 aromatic heterocycles. The fourth-order valence-corrected chi connectivity index (χ4v) is 2.74. The second-order valence-electron chi connectivity index (χ2n) is 4.59. The van der Waals surface area contributed by atoms with E-state index in [9.17, 15) is 0 Å². The molecule has 106 valence electrons. The number of aromatic nitrogens is 2. The number of anilines is 2. The fraction of sp³-hybridized carbons (Fsp3) is 0.125. The summed E-state index contributed by atoms with van der Waals surface area (Å²) in [6.45, 7) is 2.06. The molecule has 1 aromatic carbocycles. The van der Waals surface area contributed by atoms with Crippen molar-refractivity contribution < 1.29 is 4.74 Å². The summed E-state index contributed by atoms with van der Waals surface area (Å²) in [5.74, 6) is 0.819. The van der Waals surface area contributed by atoms with Crippen molar-refractivity contribution in [3.8, 4) is 17.0 Å². The van der Waals surface area contributed by atoms with Crippen molar-refractivity contribution in [2.75, 3.05) is 12.4 Å². The highest BCUT2D eigenvalue weighted by molar-refractivity contribution is 7.14. The number of benzene rings is 1. The van der Waals surface area contributed by atoms with Gasteiger partial charge < -0.3 is 10.1 Å². The molecule has 0 atom stereocenters. The Bertz CT molecular complexity index is 755. The van der Waals surface area contributed by atoms with E-state index < -0.39 is 0 Å². The van der Waals surface area contributed by atoms with Gasteiger partial charge in [-0.1, -0.05) is 6.07 Å². The number of aryl methyl sites for hydroxylation is 1. The average Bonchev–Trinajstić information content (AvgIpc) is 2.96. The second kappa shape index (κ2) is 5.93. The van der Waals surface area contributed by atoms with Gasteiger partial charge in [0.2, 0.25) is 0 Å². The van der Waals surface area contributed by atoms with Crippen LogP contribution in [-0.4, -0.2) is 17.1 Å². The number of ether oxygens (including phenoxy) is 1. The van der Waals surface area contributed by atoms with Crippen molar-refractivity contribution in [1.29, 1.82) is 0 Å². The SMILES string of the molecule is COc1cccc(Nc2nc(-c3cnccc3C)cs2)c1. The average molecular weight is 297 g/mol. The minimum absolute atomic E-state index is 0.819. The normalized spacial score (nSPS) is 10.4. The van der Waals surface area contributed by atoms with Gasteiger partial charge >= 0.3 is 0 Å². The van der Waals surface area contributed by atoms with Gasteiger partial charge in [0, 0.05) is 35.1 Å². The Morgan fingerprint density at radius 2 is 2.14 bits per heavy atom. The van der Waals surface area contributed by atoms with Crippen molar-refractivity contribution in [2.24, 2.45) is 0 Å². The van der Waals surface area contributed by atoms with Crippen LogP contribution in [0.1, 0.15) is 5.56 Å². The molecular weight excluding hydrogens is 282 g/mol. The number of rotatable bonds is 4. The third kappa shape index (κ3) is 3.03. The zero-order valence-corrected chi connectivity index (χ0v) is 12.6. The number of hydrogen-bond donors (Lipinski definition) is 1.